The monoisotopic (exact) mass is 258 g/mol. The zero-order valence-electron chi connectivity index (χ0n) is 9.51. The van der Waals surface area contributed by atoms with E-state index in [0.717, 1.165) is 0 Å². The first-order chi connectivity index (χ1) is 7.74. The summed E-state index contributed by atoms with van der Waals surface area (Å²) in [6, 6.07) is 5.57. The van der Waals surface area contributed by atoms with E-state index in [9.17, 15) is 13.2 Å². The molecule has 0 aliphatic rings. The summed E-state index contributed by atoms with van der Waals surface area (Å²) < 4.78 is 29.0. The van der Waals surface area contributed by atoms with Crippen molar-refractivity contribution in [2.75, 3.05) is 7.11 Å². The normalized spacial score (nSPS) is 15.2. The third-order valence-corrected chi connectivity index (χ3v) is 4.55. The maximum absolute atomic E-state index is 12.2. The third kappa shape index (κ3) is 2.31. The maximum atomic E-state index is 12.2. The first kappa shape index (κ1) is 13.6. The summed E-state index contributed by atoms with van der Waals surface area (Å²) in [7, 11) is -2.84. The average molecular weight is 258 g/mol. The Bertz CT molecular complexity index is 537. The van der Waals surface area contributed by atoms with Gasteiger partial charge in [-0.1, -0.05) is 12.1 Å². The first-order valence-corrected chi connectivity index (χ1v) is 6.20. The molecule has 17 heavy (non-hydrogen) atoms. The van der Waals surface area contributed by atoms with Gasteiger partial charge in [0.1, 0.15) is 0 Å². The van der Waals surface area contributed by atoms with Crippen molar-refractivity contribution in [1.29, 1.82) is 0 Å². The van der Waals surface area contributed by atoms with Crippen molar-refractivity contribution < 1.29 is 17.9 Å². The predicted molar refractivity (Wildman–Crippen MR) is 61.7 cm³/mol. The zero-order chi connectivity index (χ0) is 13.3. The summed E-state index contributed by atoms with van der Waals surface area (Å²) in [5.74, 6) is -0.837. The van der Waals surface area contributed by atoms with Gasteiger partial charge < -0.3 is 10.5 Å². The van der Waals surface area contributed by atoms with E-state index in [1.165, 1.54) is 38.3 Å². The molecule has 1 aromatic rings. The summed E-state index contributed by atoms with van der Waals surface area (Å²) >= 11 is 0. The molecule has 0 saturated carbocycles. The van der Waals surface area contributed by atoms with Gasteiger partial charge in [-0.05, 0) is 19.1 Å². The van der Waals surface area contributed by atoms with Crippen LogP contribution in [0.2, 0.25) is 0 Å². The molecule has 0 radical (unpaired) electrons. The number of hydrogen-bond acceptors (Lipinski definition) is 5. The lowest BCUT2D eigenvalue weighted by Gasteiger charge is -2.23. The number of hydrogen-bond donors (Lipinski definition) is 2. The molecule has 0 aliphatic heterocycles. The van der Waals surface area contributed by atoms with Gasteiger partial charge in [-0.25, -0.2) is 8.42 Å². The molecule has 0 aromatic heterocycles. The third-order valence-electron chi connectivity index (χ3n) is 2.38. The van der Waals surface area contributed by atoms with Crippen molar-refractivity contribution >= 4 is 15.7 Å². The SMILES string of the molecule is COC(C)(N)S(=O)(=O)c1ccccc1C(N)=O. The highest BCUT2D eigenvalue weighted by Gasteiger charge is 2.38. The van der Waals surface area contributed by atoms with Gasteiger partial charge in [0.15, 0.2) is 0 Å². The fourth-order valence-corrected chi connectivity index (χ4v) is 2.60. The van der Waals surface area contributed by atoms with Crippen LogP contribution in [0.5, 0.6) is 0 Å². The lowest BCUT2D eigenvalue weighted by molar-refractivity contribution is 0.0828. The van der Waals surface area contributed by atoms with Crippen molar-refractivity contribution in [2.24, 2.45) is 11.5 Å². The summed E-state index contributed by atoms with van der Waals surface area (Å²) in [5, 5.41) is -1.92. The van der Waals surface area contributed by atoms with E-state index in [0.29, 0.717) is 0 Å². The Morgan fingerprint density at radius 2 is 1.88 bits per heavy atom. The molecule has 0 bridgehead atoms. The van der Waals surface area contributed by atoms with Gasteiger partial charge in [-0.3, -0.25) is 10.5 Å². The van der Waals surface area contributed by atoms with Crippen LogP contribution >= 0.6 is 0 Å². The summed E-state index contributed by atoms with van der Waals surface area (Å²) in [5.41, 5.74) is 10.5. The van der Waals surface area contributed by atoms with Gasteiger partial charge in [0.05, 0.1) is 10.5 Å². The van der Waals surface area contributed by atoms with Gasteiger partial charge in [0, 0.05) is 7.11 Å². The largest absolute Gasteiger partial charge is 0.366 e. The van der Waals surface area contributed by atoms with Crippen LogP contribution in [0, 0.1) is 0 Å². The summed E-state index contributed by atoms with van der Waals surface area (Å²) in [6.07, 6.45) is 0. The zero-order valence-corrected chi connectivity index (χ0v) is 10.3. The summed E-state index contributed by atoms with van der Waals surface area (Å²) in [6.45, 7) is 1.19. The Morgan fingerprint density at radius 3 is 2.35 bits per heavy atom. The smallest absolute Gasteiger partial charge is 0.250 e. The highest BCUT2D eigenvalue weighted by molar-refractivity contribution is 7.92. The lowest BCUT2D eigenvalue weighted by atomic mass is 10.2. The Morgan fingerprint density at radius 1 is 1.35 bits per heavy atom. The Kier molecular flexibility index (Phi) is 3.56. The number of ether oxygens (including phenoxy) is 1. The van der Waals surface area contributed by atoms with Gasteiger partial charge in [0.2, 0.25) is 20.8 Å². The highest BCUT2D eigenvalue weighted by Crippen LogP contribution is 2.24. The van der Waals surface area contributed by atoms with E-state index in [4.69, 9.17) is 16.2 Å². The van der Waals surface area contributed by atoms with E-state index >= 15 is 0 Å². The van der Waals surface area contributed by atoms with Crippen LogP contribution in [-0.2, 0) is 14.6 Å². The fraction of sp³-hybridized carbons (Fsp3) is 0.300. The molecule has 0 fully saturated rings. The van der Waals surface area contributed by atoms with Crippen molar-refractivity contribution in [3.8, 4) is 0 Å². The van der Waals surface area contributed by atoms with Gasteiger partial charge in [-0.15, -0.1) is 0 Å². The van der Waals surface area contributed by atoms with Crippen molar-refractivity contribution in [2.45, 2.75) is 16.9 Å². The molecule has 1 amide bonds. The van der Waals surface area contributed by atoms with Crippen molar-refractivity contribution in [3.05, 3.63) is 29.8 Å². The standard InChI is InChI=1S/C10H14N2O4S/c1-10(12,16-2)17(14,15)8-6-4-3-5-7(8)9(11)13/h3-6H,12H2,1-2H3,(H2,11,13). The Labute approximate surface area is 99.5 Å². The topological polar surface area (TPSA) is 112 Å². The minimum Gasteiger partial charge on any atom is -0.366 e. The second-order valence-corrected chi connectivity index (χ2v) is 5.84. The highest BCUT2D eigenvalue weighted by atomic mass is 32.2. The lowest BCUT2D eigenvalue weighted by Crippen LogP contribution is -2.47. The van der Waals surface area contributed by atoms with E-state index in [1.807, 2.05) is 0 Å². The van der Waals surface area contributed by atoms with Crippen LogP contribution in [0.4, 0.5) is 0 Å². The van der Waals surface area contributed by atoms with Crippen LogP contribution in [0.3, 0.4) is 0 Å². The molecular formula is C10H14N2O4S. The molecule has 6 nitrogen and oxygen atoms in total. The van der Waals surface area contributed by atoms with Crippen molar-refractivity contribution in [1.82, 2.24) is 0 Å². The van der Waals surface area contributed by atoms with Crippen LogP contribution in [0.1, 0.15) is 17.3 Å². The number of benzene rings is 1. The molecule has 4 N–H and O–H groups in total. The van der Waals surface area contributed by atoms with E-state index in [2.05, 4.69) is 0 Å². The average Bonchev–Trinajstić information content (AvgIpc) is 2.28. The number of nitrogens with two attached hydrogens (primary N) is 2. The van der Waals surface area contributed by atoms with Crippen LogP contribution in [0.25, 0.3) is 0 Å². The number of amides is 1. The molecule has 1 aromatic carbocycles. The van der Waals surface area contributed by atoms with Gasteiger partial charge >= 0.3 is 0 Å². The quantitative estimate of drug-likeness (QED) is 0.728. The molecule has 0 aliphatic carbocycles. The first-order valence-electron chi connectivity index (χ1n) is 4.71. The molecular weight excluding hydrogens is 244 g/mol. The van der Waals surface area contributed by atoms with Crippen LogP contribution in [-0.4, -0.2) is 26.5 Å². The molecule has 0 heterocycles. The number of carbonyl (C=O) groups is 1. The minimum atomic E-state index is -4.01. The van der Waals surface area contributed by atoms with E-state index in [-0.39, 0.29) is 10.5 Å². The molecule has 94 valence electrons. The number of primary amides is 1. The molecule has 1 rings (SSSR count). The number of sulfone groups is 1. The predicted octanol–water partition coefficient (Wildman–Crippen LogP) is -0.162. The number of rotatable bonds is 4. The maximum Gasteiger partial charge on any atom is 0.250 e. The number of carbonyl (C=O) groups excluding carboxylic acids is 1. The summed E-state index contributed by atoms with van der Waals surface area (Å²) in [4.78, 5) is 10.9. The molecule has 0 spiro atoms. The molecule has 1 atom stereocenters. The second kappa shape index (κ2) is 4.44. The van der Waals surface area contributed by atoms with Crippen LogP contribution in [0.15, 0.2) is 29.2 Å². The second-order valence-electron chi connectivity index (χ2n) is 3.58. The minimum absolute atomic E-state index is 0.110. The van der Waals surface area contributed by atoms with E-state index < -0.39 is 20.8 Å². The molecule has 7 heteroatoms. The van der Waals surface area contributed by atoms with Gasteiger partial charge in [-0.2, -0.15) is 0 Å². The van der Waals surface area contributed by atoms with Crippen LogP contribution < -0.4 is 11.5 Å². The molecule has 0 saturated heterocycles. The van der Waals surface area contributed by atoms with Gasteiger partial charge in [0.25, 0.3) is 0 Å². The Hall–Kier alpha value is -1.44. The van der Waals surface area contributed by atoms with Crippen molar-refractivity contribution in [3.63, 3.8) is 0 Å². The Balaban J connectivity index is 3.50. The van der Waals surface area contributed by atoms with E-state index in [1.54, 1.807) is 0 Å². The number of methoxy groups -OCH3 is 1. The fourth-order valence-electron chi connectivity index (χ4n) is 1.23. The molecule has 1 unspecified atom stereocenters.